The van der Waals surface area contributed by atoms with Crippen LogP contribution in [-0.4, -0.2) is 14.2 Å². The quantitative estimate of drug-likeness (QED) is 0.693. The predicted octanol–water partition coefficient (Wildman–Crippen LogP) is 4.95. The van der Waals surface area contributed by atoms with Crippen LogP contribution in [-0.2, 0) is 0 Å². The lowest BCUT2D eigenvalue weighted by Crippen LogP contribution is -1.94. The first kappa shape index (κ1) is 14.4. The van der Waals surface area contributed by atoms with Crippen molar-refractivity contribution in [3.8, 4) is 11.5 Å². The predicted molar refractivity (Wildman–Crippen MR) is 84.5 cm³/mol. The van der Waals surface area contributed by atoms with E-state index < -0.39 is 0 Å². The lowest BCUT2D eigenvalue weighted by Gasteiger charge is -2.13. The highest BCUT2D eigenvalue weighted by Gasteiger charge is 2.12. The second-order valence-corrected chi connectivity index (χ2v) is 5.80. The summed E-state index contributed by atoms with van der Waals surface area (Å²) in [6, 6.07) is 14.1. The fraction of sp³-hybridized carbons (Fsp3) is 0.200. The van der Waals surface area contributed by atoms with Gasteiger partial charge in [-0.3, -0.25) is 0 Å². The minimum absolute atomic E-state index is 0.139. The molecule has 1 unspecified atom stereocenters. The Labute approximate surface area is 130 Å². The molecule has 2 nitrogen and oxygen atoms in total. The molecule has 0 amide bonds. The number of halogens is 2. The van der Waals surface area contributed by atoms with Crippen molar-refractivity contribution < 1.29 is 9.47 Å². The van der Waals surface area contributed by atoms with Crippen molar-refractivity contribution in [1.82, 2.24) is 0 Å². The van der Waals surface area contributed by atoms with E-state index in [0.29, 0.717) is 0 Å². The van der Waals surface area contributed by atoms with Gasteiger partial charge < -0.3 is 9.47 Å². The van der Waals surface area contributed by atoms with Gasteiger partial charge in [0.05, 0.1) is 23.5 Å². The second-order valence-electron chi connectivity index (χ2n) is 4.03. The monoisotopic (exact) mass is 384 g/mol. The van der Waals surface area contributed by atoms with Crippen LogP contribution in [0.4, 0.5) is 0 Å². The average Bonchev–Trinajstić information content (AvgIpc) is 2.46. The summed E-state index contributed by atoms with van der Waals surface area (Å²) in [6.45, 7) is 0. The molecule has 0 N–H and O–H groups in total. The molecule has 19 heavy (non-hydrogen) atoms. The van der Waals surface area contributed by atoms with E-state index in [4.69, 9.17) is 9.47 Å². The summed E-state index contributed by atoms with van der Waals surface area (Å²) in [7, 11) is 3.33. The number of methoxy groups -OCH3 is 2. The molecule has 2 rings (SSSR count). The lowest BCUT2D eigenvalue weighted by molar-refractivity contribution is 0.412. The van der Waals surface area contributed by atoms with Crippen molar-refractivity contribution in [3.63, 3.8) is 0 Å². The molecule has 0 aliphatic rings. The molecule has 0 aliphatic heterocycles. The normalized spacial score (nSPS) is 12.0. The Kier molecular flexibility index (Phi) is 4.88. The van der Waals surface area contributed by atoms with Crippen LogP contribution in [0.1, 0.15) is 16.0 Å². The van der Waals surface area contributed by atoms with E-state index in [0.717, 1.165) is 21.5 Å². The maximum absolute atomic E-state index is 5.24. The largest absolute Gasteiger partial charge is 0.497 e. The highest BCUT2D eigenvalue weighted by molar-refractivity contribution is 9.10. The Morgan fingerprint density at radius 2 is 1.53 bits per heavy atom. The molecule has 0 saturated carbocycles. The number of benzene rings is 2. The summed E-state index contributed by atoms with van der Waals surface area (Å²) < 4.78 is 11.4. The molecule has 2 aromatic rings. The molecular formula is C15H14Br2O2. The molecule has 0 aromatic heterocycles. The molecule has 2 aromatic carbocycles. The number of ether oxygens (including phenoxy) is 2. The van der Waals surface area contributed by atoms with E-state index >= 15 is 0 Å². The van der Waals surface area contributed by atoms with Crippen LogP contribution in [0.3, 0.4) is 0 Å². The van der Waals surface area contributed by atoms with Gasteiger partial charge in [-0.15, -0.1) is 0 Å². The molecule has 0 bridgehead atoms. The Morgan fingerprint density at radius 1 is 0.895 bits per heavy atom. The minimum Gasteiger partial charge on any atom is -0.497 e. The summed E-state index contributed by atoms with van der Waals surface area (Å²) in [5.74, 6) is 1.69. The highest BCUT2D eigenvalue weighted by Crippen LogP contribution is 2.35. The van der Waals surface area contributed by atoms with E-state index in [9.17, 15) is 0 Å². The lowest BCUT2D eigenvalue weighted by atomic mass is 10.0. The Morgan fingerprint density at radius 3 is 2.05 bits per heavy atom. The SMILES string of the molecule is COc1ccc(C(Br)c2ccc(OC)c(Br)c2)cc1. The minimum atomic E-state index is 0.139. The first-order valence-corrected chi connectivity index (χ1v) is 7.48. The van der Waals surface area contributed by atoms with Gasteiger partial charge in [0.25, 0.3) is 0 Å². The Bertz CT molecular complexity index is 553. The van der Waals surface area contributed by atoms with Crippen LogP contribution in [0.15, 0.2) is 46.9 Å². The molecule has 100 valence electrons. The van der Waals surface area contributed by atoms with Gasteiger partial charge in [-0.2, -0.15) is 0 Å². The number of alkyl halides is 1. The van der Waals surface area contributed by atoms with Crippen molar-refractivity contribution >= 4 is 31.9 Å². The van der Waals surface area contributed by atoms with Crippen LogP contribution in [0.5, 0.6) is 11.5 Å². The van der Waals surface area contributed by atoms with E-state index in [-0.39, 0.29) is 4.83 Å². The number of rotatable bonds is 4. The summed E-state index contributed by atoms with van der Waals surface area (Å²) in [5, 5.41) is 0. The van der Waals surface area contributed by atoms with E-state index in [1.807, 2.05) is 24.3 Å². The zero-order valence-electron chi connectivity index (χ0n) is 10.7. The topological polar surface area (TPSA) is 18.5 Å². The van der Waals surface area contributed by atoms with E-state index in [1.165, 1.54) is 5.56 Å². The van der Waals surface area contributed by atoms with Gasteiger partial charge in [0.1, 0.15) is 11.5 Å². The van der Waals surface area contributed by atoms with E-state index in [2.05, 4.69) is 50.1 Å². The second kappa shape index (κ2) is 6.44. The third-order valence-electron chi connectivity index (χ3n) is 2.88. The van der Waals surface area contributed by atoms with Crippen molar-refractivity contribution in [3.05, 3.63) is 58.1 Å². The maximum Gasteiger partial charge on any atom is 0.133 e. The smallest absolute Gasteiger partial charge is 0.133 e. The molecule has 0 heterocycles. The molecule has 1 atom stereocenters. The van der Waals surface area contributed by atoms with Crippen LogP contribution >= 0.6 is 31.9 Å². The summed E-state index contributed by atoms with van der Waals surface area (Å²) in [6.07, 6.45) is 0. The molecular weight excluding hydrogens is 372 g/mol. The zero-order valence-corrected chi connectivity index (χ0v) is 13.9. The number of hydrogen-bond acceptors (Lipinski definition) is 2. The van der Waals surface area contributed by atoms with Crippen LogP contribution < -0.4 is 9.47 Å². The van der Waals surface area contributed by atoms with Crippen molar-refractivity contribution in [2.45, 2.75) is 4.83 Å². The summed E-state index contributed by atoms with van der Waals surface area (Å²) in [4.78, 5) is 0.139. The van der Waals surface area contributed by atoms with Crippen LogP contribution in [0.25, 0.3) is 0 Å². The fourth-order valence-electron chi connectivity index (χ4n) is 1.81. The molecule has 0 radical (unpaired) electrons. The van der Waals surface area contributed by atoms with Crippen molar-refractivity contribution in [2.24, 2.45) is 0 Å². The molecule has 0 saturated heterocycles. The van der Waals surface area contributed by atoms with E-state index in [1.54, 1.807) is 14.2 Å². The van der Waals surface area contributed by atoms with Crippen LogP contribution in [0.2, 0.25) is 0 Å². The third-order valence-corrected chi connectivity index (χ3v) is 4.55. The molecule has 4 heteroatoms. The average molecular weight is 386 g/mol. The van der Waals surface area contributed by atoms with Crippen LogP contribution in [0, 0.1) is 0 Å². The van der Waals surface area contributed by atoms with Gasteiger partial charge in [-0.1, -0.05) is 34.1 Å². The first-order valence-electron chi connectivity index (χ1n) is 5.77. The van der Waals surface area contributed by atoms with Crippen molar-refractivity contribution in [1.29, 1.82) is 0 Å². The standard InChI is InChI=1S/C15H14Br2O2/c1-18-12-6-3-10(4-7-12)15(17)11-5-8-14(19-2)13(16)9-11/h3-9,15H,1-2H3. The maximum atomic E-state index is 5.24. The van der Waals surface area contributed by atoms with Gasteiger partial charge in [0.15, 0.2) is 0 Å². The third kappa shape index (κ3) is 3.31. The molecule has 0 spiro atoms. The van der Waals surface area contributed by atoms with Gasteiger partial charge in [0.2, 0.25) is 0 Å². The fourth-order valence-corrected chi connectivity index (χ4v) is 2.95. The van der Waals surface area contributed by atoms with Gasteiger partial charge in [-0.25, -0.2) is 0 Å². The number of hydrogen-bond donors (Lipinski definition) is 0. The molecule has 0 fully saturated rings. The van der Waals surface area contributed by atoms with Crippen molar-refractivity contribution in [2.75, 3.05) is 14.2 Å². The molecule has 0 aliphatic carbocycles. The summed E-state index contributed by atoms with van der Waals surface area (Å²) >= 11 is 7.22. The Hall–Kier alpha value is -1.00. The van der Waals surface area contributed by atoms with Gasteiger partial charge in [-0.05, 0) is 51.3 Å². The zero-order chi connectivity index (χ0) is 13.8. The highest BCUT2D eigenvalue weighted by atomic mass is 79.9. The Balaban J connectivity index is 2.27. The first-order chi connectivity index (χ1) is 9.15. The summed E-state index contributed by atoms with van der Waals surface area (Å²) in [5.41, 5.74) is 2.34. The van der Waals surface area contributed by atoms with Gasteiger partial charge >= 0.3 is 0 Å². The van der Waals surface area contributed by atoms with Gasteiger partial charge in [0, 0.05) is 0 Å².